The van der Waals surface area contributed by atoms with E-state index >= 15 is 0 Å². The molecule has 97 heavy (non-hydrogen) atoms. The van der Waals surface area contributed by atoms with Gasteiger partial charge in [0, 0.05) is 23.3 Å². The van der Waals surface area contributed by atoms with E-state index in [1.54, 1.807) is 107 Å². The van der Waals surface area contributed by atoms with E-state index < -0.39 is 35.8 Å². The van der Waals surface area contributed by atoms with Crippen LogP contribution in [-0.4, -0.2) is 98.6 Å². The number of aromatic carboxylic acids is 1. The molecule has 8 aromatic carbocycles. The second-order valence-electron chi connectivity index (χ2n) is 22.1. The molecule has 0 atom stereocenters. The number of fused-ring (bicyclic) bond motifs is 2. The molecule has 0 aliphatic rings. The number of carboxylic acid groups (broad SMARTS) is 1. The van der Waals surface area contributed by atoms with Crippen molar-refractivity contribution < 1.29 is 91.2 Å². The Labute approximate surface area is 563 Å². The van der Waals surface area contributed by atoms with Gasteiger partial charge in [-0.1, -0.05) is 49.6 Å². The number of unbranched alkanes of at least 4 members (excludes halogenated alkanes) is 6. The van der Waals surface area contributed by atoms with Crippen molar-refractivity contribution in [3.05, 3.63) is 239 Å². The zero-order valence-electron chi connectivity index (χ0n) is 55.1. The van der Waals surface area contributed by atoms with Crippen molar-refractivity contribution in [3.63, 3.8) is 0 Å². The Morgan fingerprint density at radius 2 is 0.763 bits per heavy atom. The van der Waals surface area contributed by atoms with Crippen LogP contribution in [0.1, 0.15) is 129 Å². The third-order valence-corrected chi connectivity index (χ3v) is 14.3. The largest absolute Gasteiger partial charge is 0.508 e. The fraction of sp³-hybridized carbons (Fsp3) is 0.231. The second-order valence-corrected chi connectivity index (χ2v) is 22.1. The number of ether oxygens (including phenoxy) is 9. The summed E-state index contributed by atoms with van der Waals surface area (Å²) in [4.78, 5) is 93.6. The lowest BCUT2D eigenvalue weighted by molar-refractivity contribution is -0.139. The summed E-state index contributed by atoms with van der Waals surface area (Å²) in [6, 6.07) is 43.9. The summed E-state index contributed by atoms with van der Waals surface area (Å²) in [6.07, 6.45) is 13.2. The van der Waals surface area contributed by atoms with Crippen LogP contribution < -0.4 is 23.7 Å². The van der Waals surface area contributed by atoms with Crippen LogP contribution in [0.3, 0.4) is 0 Å². The van der Waals surface area contributed by atoms with Crippen molar-refractivity contribution in [2.24, 2.45) is 0 Å². The van der Waals surface area contributed by atoms with Crippen LogP contribution in [0.15, 0.2) is 194 Å². The minimum atomic E-state index is -0.929. The number of aryl methyl sites for hydroxylation is 2. The Morgan fingerprint density at radius 1 is 0.402 bits per heavy atom. The van der Waals surface area contributed by atoms with E-state index in [4.69, 9.17) is 38.3 Å². The molecule has 504 valence electrons. The number of benzene rings is 8. The van der Waals surface area contributed by atoms with Crippen molar-refractivity contribution in [3.8, 4) is 34.5 Å². The summed E-state index contributed by atoms with van der Waals surface area (Å²) >= 11 is 0. The molecule has 0 saturated heterocycles. The monoisotopic (exact) mass is 1320 g/mol. The Hall–Kier alpha value is -11.6. The minimum Gasteiger partial charge on any atom is -0.508 e. The average Bonchev–Trinajstić information content (AvgIpc) is 0.878. The first-order chi connectivity index (χ1) is 46.6. The normalized spacial score (nSPS) is 10.7. The van der Waals surface area contributed by atoms with Crippen LogP contribution in [0.4, 0.5) is 0 Å². The summed E-state index contributed by atoms with van der Waals surface area (Å²) < 4.78 is 47.3. The summed E-state index contributed by atoms with van der Waals surface area (Å²) in [6.45, 7) is 16.0. The van der Waals surface area contributed by atoms with E-state index in [-0.39, 0.29) is 34.6 Å². The number of phenolic OH excluding ortho intramolecular Hbond substituents is 1. The molecule has 0 spiro atoms. The lowest BCUT2D eigenvalue weighted by Gasteiger charge is -2.10. The number of aromatic hydroxyl groups is 1. The van der Waals surface area contributed by atoms with Gasteiger partial charge >= 0.3 is 47.8 Å². The fourth-order valence-corrected chi connectivity index (χ4v) is 8.95. The van der Waals surface area contributed by atoms with Crippen molar-refractivity contribution >= 4 is 81.5 Å². The smallest absolute Gasteiger partial charge is 0.343 e. The maximum Gasteiger partial charge on any atom is 0.343 e. The van der Waals surface area contributed by atoms with Gasteiger partial charge in [0.2, 0.25) is 0 Å². The summed E-state index contributed by atoms with van der Waals surface area (Å²) in [5.41, 5.74) is 5.13. The molecule has 0 heterocycles. The number of esters is 7. The number of hydrogen-bond acceptors (Lipinski definition) is 18. The standard InChI is InChI=1S/C39H38O9.C21H24O5.C18H16O5/c1-26(2)37(41)46-22-8-6-5-7-21-45-34-18-15-30-24-32(12-11-31(30)25-34)39(43)47-33-16-13-29(14-17-33)38(42)48-35-19-9-28(23-27(35)3)10-20-36(40)44-4;1-15(2)21(24)26-12-6-4-3-5-11-25-19-10-9-16-13-18(20(22)23)8-7-17(16)14-19;1-12-11-13(4-10-17(20)22-2)3-9-16(12)23-18(21)14-5-7-15(19)8-6-14/h9-20,23-25H,1,5-8,21-22H2,2-4H3;7-10,13-14H,1,3-6,11-12H2,2H3,(H,22,23);3-11,19H,1-2H3/b20-10+;;10-4+. The van der Waals surface area contributed by atoms with E-state index in [0.717, 1.165) is 101 Å². The molecule has 0 saturated carbocycles. The molecule has 0 aliphatic heterocycles. The van der Waals surface area contributed by atoms with E-state index in [0.29, 0.717) is 65.8 Å². The average molecular weight is 1320 g/mol. The van der Waals surface area contributed by atoms with Gasteiger partial charge < -0.3 is 52.8 Å². The van der Waals surface area contributed by atoms with Gasteiger partial charge in [0.1, 0.15) is 34.5 Å². The molecular weight excluding hydrogens is 1240 g/mol. The first-order valence-corrected chi connectivity index (χ1v) is 31.1. The molecule has 19 heteroatoms. The number of carboxylic acids is 1. The molecule has 8 rings (SSSR count). The van der Waals surface area contributed by atoms with Crippen molar-refractivity contribution in [2.75, 3.05) is 40.6 Å². The Balaban J connectivity index is 0.000000254. The van der Waals surface area contributed by atoms with Gasteiger partial charge in [-0.2, -0.15) is 0 Å². The maximum atomic E-state index is 12.9. The van der Waals surface area contributed by atoms with Gasteiger partial charge in [0.15, 0.2) is 0 Å². The zero-order chi connectivity index (χ0) is 70.2. The fourth-order valence-electron chi connectivity index (χ4n) is 8.95. The molecule has 0 aromatic heterocycles. The summed E-state index contributed by atoms with van der Waals surface area (Å²) in [7, 11) is 2.61. The van der Waals surface area contributed by atoms with Gasteiger partial charge in [0.25, 0.3) is 0 Å². The molecule has 0 amide bonds. The number of hydrogen-bond donors (Lipinski definition) is 2. The summed E-state index contributed by atoms with van der Waals surface area (Å²) in [5, 5.41) is 21.9. The van der Waals surface area contributed by atoms with Crippen LogP contribution in [0, 0.1) is 13.8 Å². The van der Waals surface area contributed by atoms with Gasteiger partial charge in [0.05, 0.1) is 62.9 Å². The number of carbonyl (C=O) groups is 8. The minimum absolute atomic E-state index is 0.0828. The second kappa shape index (κ2) is 38.6. The Kier molecular flexibility index (Phi) is 29.6. The SMILES string of the molecule is C=C(C)C(=O)OCCCCCCOc1ccc2cc(C(=O)O)ccc2c1.C=C(C)C(=O)OCCCCCCOc1ccc2cc(C(=O)Oc3ccc(C(=O)Oc4ccc(/C=C/C(=O)OC)cc4C)cc3)ccc2c1.COC(=O)/C=C/c1ccc(OC(=O)c2ccc(O)cc2)c(C)c1. The molecule has 0 bridgehead atoms. The third-order valence-electron chi connectivity index (χ3n) is 14.3. The highest BCUT2D eigenvalue weighted by atomic mass is 16.6. The number of carbonyl (C=O) groups excluding carboxylic acids is 7. The predicted octanol–water partition coefficient (Wildman–Crippen LogP) is 15.5. The molecule has 8 aromatic rings. The highest BCUT2D eigenvalue weighted by molar-refractivity contribution is 5.98. The lowest BCUT2D eigenvalue weighted by atomic mass is 10.1. The van der Waals surface area contributed by atoms with Crippen LogP contribution in [0.2, 0.25) is 0 Å². The van der Waals surface area contributed by atoms with Crippen LogP contribution in [0.25, 0.3) is 33.7 Å². The van der Waals surface area contributed by atoms with Gasteiger partial charge in [-0.3, -0.25) is 0 Å². The first kappa shape index (κ1) is 74.4. The van der Waals surface area contributed by atoms with E-state index in [9.17, 15) is 43.5 Å². The van der Waals surface area contributed by atoms with Crippen LogP contribution >= 0.6 is 0 Å². The van der Waals surface area contributed by atoms with Crippen molar-refractivity contribution in [2.45, 2.75) is 79.1 Å². The molecule has 19 nitrogen and oxygen atoms in total. The van der Waals surface area contributed by atoms with E-state index in [2.05, 4.69) is 22.6 Å². The Morgan fingerprint density at radius 3 is 1.18 bits per heavy atom. The molecule has 0 aliphatic carbocycles. The first-order valence-electron chi connectivity index (χ1n) is 31.1. The molecule has 0 unspecified atom stereocenters. The highest BCUT2D eigenvalue weighted by Gasteiger charge is 2.16. The maximum absolute atomic E-state index is 12.9. The van der Waals surface area contributed by atoms with Gasteiger partial charge in [-0.25, -0.2) is 38.4 Å². The highest BCUT2D eigenvalue weighted by Crippen LogP contribution is 2.27. The predicted molar refractivity (Wildman–Crippen MR) is 368 cm³/mol. The number of methoxy groups -OCH3 is 2. The number of phenols is 1. The lowest BCUT2D eigenvalue weighted by Crippen LogP contribution is -2.10. The molecule has 0 radical (unpaired) electrons. The van der Waals surface area contributed by atoms with Gasteiger partial charge in [-0.05, 0) is 256 Å². The Bertz CT molecular complexity index is 4160. The van der Waals surface area contributed by atoms with Crippen LogP contribution in [-0.2, 0) is 38.1 Å². The third kappa shape index (κ3) is 25.3. The topological polar surface area (TPSA) is 260 Å². The molecule has 2 N–H and O–H groups in total. The van der Waals surface area contributed by atoms with Crippen molar-refractivity contribution in [1.29, 1.82) is 0 Å². The van der Waals surface area contributed by atoms with Crippen molar-refractivity contribution in [1.82, 2.24) is 0 Å². The molecular formula is C78H78O19. The number of rotatable bonds is 29. The van der Waals surface area contributed by atoms with E-state index in [1.807, 2.05) is 42.5 Å². The summed E-state index contributed by atoms with van der Waals surface area (Å²) in [5.74, 6) is -1.43. The quantitative estimate of drug-likeness (QED) is 0.0145. The van der Waals surface area contributed by atoms with Gasteiger partial charge in [-0.15, -0.1) is 0 Å². The zero-order valence-corrected chi connectivity index (χ0v) is 55.1. The van der Waals surface area contributed by atoms with E-state index in [1.165, 1.54) is 74.9 Å². The molecule has 0 fully saturated rings. The van der Waals surface area contributed by atoms with Crippen LogP contribution in [0.5, 0.6) is 34.5 Å².